The van der Waals surface area contributed by atoms with Gasteiger partial charge < -0.3 is 5.32 Å². The van der Waals surface area contributed by atoms with Gasteiger partial charge in [-0.05, 0) is 47.4 Å². The molecule has 0 saturated heterocycles. The van der Waals surface area contributed by atoms with E-state index in [-0.39, 0.29) is 5.91 Å². The zero-order chi connectivity index (χ0) is 17.5. The first kappa shape index (κ1) is 18.2. The molecule has 1 N–H and O–H groups in total. The zero-order valence-corrected chi connectivity index (χ0v) is 15.6. The molecular formula is C17H22ClN5OS. The Balaban J connectivity index is 1.42. The largest absolute Gasteiger partial charge is 0.355 e. The molecule has 1 aliphatic rings. The predicted molar refractivity (Wildman–Crippen MR) is 98.8 cm³/mol. The van der Waals surface area contributed by atoms with E-state index in [0.29, 0.717) is 18.3 Å². The lowest BCUT2D eigenvalue weighted by Gasteiger charge is -2.21. The smallest absolute Gasteiger partial charge is 0.230 e. The second-order valence-electron chi connectivity index (χ2n) is 6.21. The molecule has 3 rings (SSSR count). The minimum atomic E-state index is -0.00263. The Labute approximate surface area is 156 Å². The molecule has 1 aliphatic carbocycles. The third-order valence-corrected chi connectivity index (χ3v) is 5.55. The summed E-state index contributed by atoms with van der Waals surface area (Å²) in [5.41, 5.74) is 1.15. The van der Waals surface area contributed by atoms with Crippen LogP contribution >= 0.6 is 23.4 Å². The molecule has 0 unspecified atom stereocenters. The lowest BCUT2D eigenvalue weighted by Crippen LogP contribution is -2.27. The first-order chi connectivity index (χ1) is 12.2. The number of hydrogen-bond donors (Lipinski definition) is 1. The van der Waals surface area contributed by atoms with Gasteiger partial charge in [0.05, 0.1) is 11.8 Å². The number of halogens is 1. The Kier molecular flexibility index (Phi) is 6.69. The number of hydrogen-bond acceptors (Lipinski definition) is 5. The Morgan fingerprint density at radius 2 is 2.00 bits per heavy atom. The molecule has 0 bridgehead atoms. The molecule has 25 heavy (non-hydrogen) atoms. The van der Waals surface area contributed by atoms with Gasteiger partial charge in [0.1, 0.15) is 0 Å². The van der Waals surface area contributed by atoms with Gasteiger partial charge in [0.15, 0.2) is 0 Å². The van der Waals surface area contributed by atoms with Crippen molar-refractivity contribution in [1.82, 2.24) is 25.5 Å². The molecule has 0 atom stereocenters. The first-order valence-electron chi connectivity index (χ1n) is 8.64. The van der Waals surface area contributed by atoms with E-state index >= 15 is 0 Å². The van der Waals surface area contributed by atoms with Crippen molar-refractivity contribution in [3.63, 3.8) is 0 Å². The number of aromatic nitrogens is 4. The SMILES string of the molecule is O=C(CSc1nnnn1C1CCCCC1)NCCc1ccc(Cl)cc1. The van der Waals surface area contributed by atoms with Gasteiger partial charge in [-0.1, -0.05) is 54.8 Å². The second kappa shape index (κ2) is 9.20. The Morgan fingerprint density at radius 1 is 1.24 bits per heavy atom. The van der Waals surface area contributed by atoms with E-state index in [2.05, 4.69) is 20.8 Å². The van der Waals surface area contributed by atoms with E-state index in [1.165, 1.54) is 31.0 Å². The average molecular weight is 380 g/mol. The van der Waals surface area contributed by atoms with Crippen LogP contribution in [0, 0.1) is 0 Å². The van der Waals surface area contributed by atoms with Crippen LogP contribution in [0.5, 0.6) is 0 Å². The maximum Gasteiger partial charge on any atom is 0.230 e. The van der Waals surface area contributed by atoms with E-state index in [1.54, 1.807) is 0 Å². The molecule has 1 saturated carbocycles. The van der Waals surface area contributed by atoms with Crippen LogP contribution in [0.3, 0.4) is 0 Å². The molecular weight excluding hydrogens is 358 g/mol. The molecule has 1 amide bonds. The third-order valence-electron chi connectivity index (χ3n) is 4.36. The number of carbonyl (C=O) groups excluding carboxylic acids is 1. The fourth-order valence-electron chi connectivity index (χ4n) is 3.01. The van der Waals surface area contributed by atoms with E-state index < -0.39 is 0 Å². The molecule has 1 aromatic carbocycles. The quantitative estimate of drug-likeness (QED) is 0.747. The summed E-state index contributed by atoms with van der Waals surface area (Å²) in [6.07, 6.45) is 6.75. The van der Waals surface area contributed by atoms with E-state index in [9.17, 15) is 4.79 Å². The van der Waals surface area contributed by atoms with Crippen LogP contribution in [0.2, 0.25) is 5.02 Å². The summed E-state index contributed by atoms with van der Waals surface area (Å²) >= 11 is 7.27. The Bertz CT molecular complexity index is 685. The summed E-state index contributed by atoms with van der Waals surface area (Å²) in [6, 6.07) is 8.04. The number of tetrazole rings is 1. The monoisotopic (exact) mass is 379 g/mol. The minimum absolute atomic E-state index is 0.00263. The van der Waals surface area contributed by atoms with E-state index in [4.69, 9.17) is 11.6 Å². The Hall–Kier alpha value is -1.60. The second-order valence-corrected chi connectivity index (χ2v) is 7.59. The van der Waals surface area contributed by atoms with Gasteiger partial charge in [-0.2, -0.15) is 0 Å². The highest BCUT2D eigenvalue weighted by atomic mass is 35.5. The summed E-state index contributed by atoms with van der Waals surface area (Å²) in [6.45, 7) is 0.606. The van der Waals surface area contributed by atoms with Crippen molar-refractivity contribution in [2.75, 3.05) is 12.3 Å². The topological polar surface area (TPSA) is 72.7 Å². The molecule has 0 spiro atoms. The third kappa shape index (κ3) is 5.44. The maximum atomic E-state index is 12.0. The molecule has 2 aromatic rings. The standard InChI is InChI=1S/C17H22ClN5OS/c18-14-8-6-13(7-9-14)10-11-19-16(24)12-25-17-20-21-22-23(17)15-4-2-1-3-5-15/h6-9,15H,1-5,10-12H2,(H,19,24). The summed E-state index contributed by atoms with van der Waals surface area (Å²) in [7, 11) is 0. The number of amides is 1. The fraction of sp³-hybridized carbons (Fsp3) is 0.529. The molecule has 6 nitrogen and oxygen atoms in total. The summed E-state index contributed by atoms with van der Waals surface area (Å²) < 4.78 is 1.89. The summed E-state index contributed by atoms with van der Waals surface area (Å²) in [5.74, 6) is 0.324. The van der Waals surface area contributed by atoms with Crippen molar-refractivity contribution < 1.29 is 4.79 Å². The Morgan fingerprint density at radius 3 is 2.76 bits per heavy atom. The molecule has 8 heteroatoms. The van der Waals surface area contributed by atoms with Crippen LogP contribution in [0.1, 0.15) is 43.7 Å². The zero-order valence-electron chi connectivity index (χ0n) is 14.0. The maximum absolute atomic E-state index is 12.0. The number of thioether (sulfide) groups is 1. The number of nitrogens with one attached hydrogen (secondary N) is 1. The van der Waals surface area contributed by atoms with Crippen LogP contribution < -0.4 is 5.32 Å². The highest BCUT2D eigenvalue weighted by Gasteiger charge is 2.20. The van der Waals surface area contributed by atoms with Crippen molar-refractivity contribution in [3.05, 3.63) is 34.9 Å². The first-order valence-corrected chi connectivity index (χ1v) is 10.0. The number of rotatable bonds is 7. The van der Waals surface area contributed by atoms with E-state index in [0.717, 1.165) is 35.0 Å². The summed E-state index contributed by atoms with van der Waals surface area (Å²) in [5, 5.41) is 16.4. The number of benzene rings is 1. The van der Waals surface area contributed by atoms with Gasteiger partial charge in [-0.3, -0.25) is 4.79 Å². The van der Waals surface area contributed by atoms with Gasteiger partial charge in [0.2, 0.25) is 11.1 Å². The van der Waals surface area contributed by atoms with Crippen LogP contribution in [0.25, 0.3) is 0 Å². The highest BCUT2D eigenvalue weighted by Crippen LogP contribution is 2.30. The molecule has 0 aliphatic heterocycles. The fourth-order valence-corrected chi connectivity index (χ4v) is 3.91. The average Bonchev–Trinajstić information content (AvgIpc) is 3.11. The lowest BCUT2D eigenvalue weighted by molar-refractivity contribution is -0.118. The van der Waals surface area contributed by atoms with Crippen molar-refractivity contribution in [3.8, 4) is 0 Å². The van der Waals surface area contributed by atoms with Crippen LogP contribution in [0.15, 0.2) is 29.4 Å². The van der Waals surface area contributed by atoms with Crippen molar-refractivity contribution >= 4 is 29.3 Å². The van der Waals surface area contributed by atoms with Gasteiger partial charge in [-0.25, -0.2) is 4.68 Å². The van der Waals surface area contributed by atoms with Gasteiger partial charge in [0.25, 0.3) is 0 Å². The number of carbonyl (C=O) groups is 1. The normalized spacial score (nSPS) is 15.2. The minimum Gasteiger partial charge on any atom is -0.355 e. The molecule has 0 radical (unpaired) electrons. The van der Waals surface area contributed by atoms with Crippen molar-refractivity contribution in [1.29, 1.82) is 0 Å². The molecule has 134 valence electrons. The molecule has 1 heterocycles. The number of nitrogens with zero attached hydrogens (tertiary/aromatic N) is 4. The summed E-state index contributed by atoms with van der Waals surface area (Å²) in [4.78, 5) is 12.0. The van der Waals surface area contributed by atoms with Gasteiger partial charge >= 0.3 is 0 Å². The van der Waals surface area contributed by atoms with Crippen molar-refractivity contribution in [2.45, 2.75) is 49.7 Å². The van der Waals surface area contributed by atoms with Crippen molar-refractivity contribution in [2.24, 2.45) is 0 Å². The van der Waals surface area contributed by atoms with Gasteiger partial charge in [0, 0.05) is 11.6 Å². The van der Waals surface area contributed by atoms with E-state index in [1.807, 2.05) is 28.9 Å². The van der Waals surface area contributed by atoms with Crippen LogP contribution in [0.4, 0.5) is 0 Å². The van der Waals surface area contributed by atoms with Gasteiger partial charge in [-0.15, -0.1) is 5.10 Å². The van der Waals surface area contributed by atoms with Crippen LogP contribution in [-0.4, -0.2) is 38.4 Å². The highest BCUT2D eigenvalue weighted by molar-refractivity contribution is 7.99. The predicted octanol–water partition coefficient (Wildman–Crippen LogP) is 3.28. The lowest BCUT2D eigenvalue weighted by atomic mass is 9.96. The van der Waals surface area contributed by atoms with Crippen LogP contribution in [-0.2, 0) is 11.2 Å². The molecule has 1 aromatic heterocycles. The molecule has 1 fully saturated rings.